The van der Waals surface area contributed by atoms with Gasteiger partial charge in [-0.2, -0.15) is 9.49 Å². The lowest BCUT2D eigenvalue weighted by molar-refractivity contribution is 0.0950. The molecule has 0 aliphatic carbocycles. The minimum absolute atomic E-state index is 0.00855. The second kappa shape index (κ2) is 9.99. The van der Waals surface area contributed by atoms with E-state index in [-0.39, 0.29) is 29.4 Å². The van der Waals surface area contributed by atoms with Gasteiger partial charge in [0.2, 0.25) is 5.82 Å². The molecule has 0 fully saturated rings. The zero-order chi connectivity index (χ0) is 24.1. The van der Waals surface area contributed by atoms with Crippen molar-refractivity contribution in [3.8, 4) is 23.0 Å². The molecule has 172 valence electrons. The van der Waals surface area contributed by atoms with E-state index in [0.29, 0.717) is 5.92 Å². The first-order chi connectivity index (χ1) is 15.7. The summed E-state index contributed by atoms with van der Waals surface area (Å²) in [6.45, 7) is 4.35. The Balaban J connectivity index is 1.65. The van der Waals surface area contributed by atoms with Gasteiger partial charge in [0, 0.05) is 11.6 Å². The first kappa shape index (κ1) is 23.5. The Morgan fingerprint density at radius 3 is 2.42 bits per heavy atom. The molecule has 0 heterocycles. The third kappa shape index (κ3) is 5.57. The quantitative estimate of drug-likeness (QED) is 0.279. The van der Waals surface area contributed by atoms with Crippen molar-refractivity contribution >= 4 is 12.1 Å². The van der Waals surface area contributed by atoms with Crippen LogP contribution in [0.25, 0.3) is 0 Å². The summed E-state index contributed by atoms with van der Waals surface area (Å²) in [6, 6.07) is 12.2. The predicted octanol–water partition coefficient (Wildman–Crippen LogP) is 4.28. The highest BCUT2D eigenvalue weighted by molar-refractivity contribution is 5.95. The highest BCUT2D eigenvalue weighted by Crippen LogP contribution is 2.37. The summed E-state index contributed by atoms with van der Waals surface area (Å²) in [5.41, 5.74) is 3.71. The topological polar surface area (TPSA) is 114 Å². The lowest BCUT2D eigenvalue weighted by Crippen LogP contribution is -2.19. The Morgan fingerprint density at radius 2 is 1.79 bits per heavy atom. The van der Waals surface area contributed by atoms with E-state index < -0.39 is 28.9 Å². The average Bonchev–Trinajstić information content (AvgIpc) is 2.77. The number of phenols is 2. The summed E-state index contributed by atoms with van der Waals surface area (Å²) >= 11 is 0. The van der Waals surface area contributed by atoms with Crippen LogP contribution in [0, 0.1) is 11.6 Å². The fourth-order valence-corrected chi connectivity index (χ4v) is 2.96. The summed E-state index contributed by atoms with van der Waals surface area (Å²) < 4.78 is 32.7. The molecule has 0 unspecified atom stereocenters. The smallest absolute Gasteiger partial charge is 0.301 e. The van der Waals surface area contributed by atoms with E-state index in [0.717, 1.165) is 23.9 Å². The predicted molar refractivity (Wildman–Crippen MR) is 119 cm³/mol. The molecule has 0 saturated carbocycles. The molecule has 3 rings (SSSR count). The van der Waals surface area contributed by atoms with Crippen molar-refractivity contribution in [2.45, 2.75) is 26.4 Å². The Kier molecular flexibility index (Phi) is 7.12. The Morgan fingerprint density at radius 1 is 1.09 bits per heavy atom. The lowest BCUT2D eigenvalue weighted by atomic mass is 10.0. The second-order valence-electron chi connectivity index (χ2n) is 7.56. The fraction of sp³-hybridized carbons (Fsp3) is 0.167. The molecule has 0 aliphatic heterocycles. The number of ether oxygens (including phenoxy) is 1. The summed E-state index contributed by atoms with van der Waals surface area (Å²) in [7, 11) is 0. The molecule has 1 amide bonds. The molecule has 0 atom stereocenters. The number of nitrogens with zero attached hydrogens (tertiary/aromatic N) is 1. The van der Waals surface area contributed by atoms with Crippen LogP contribution in [0.3, 0.4) is 0 Å². The van der Waals surface area contributed by atoms with Crippen LogP contribution >= 0.6 is 0 Å². The summed E-state index contributed by atoms with van der Waals surface area (Å²) in [5.74, 6) is -5.00. The third-order valence-corrected chi connectivity index (χ3v) is 4.81. The number of aromatic hydroxyl groups is 2. The molecule has 5 N–H and O–H groups in total. The number of amides is 1. The number of hydrogen-bond donors (Lipinski definition) is 3. The molecular formula is C24H23F2N2O5+. The van der Waals surface area contributed by atoms with Gasteiger partial charge in [-0.1, -0.05) is 38.1 Å². The molecule has 0 spiro atoms. The van der Waals surface area contributed by atoms with Crippen LogP contribution in [0.2, 0.25) is 0 Å². The Hall–Kier alpha value is -4.14. The minimum atomic E-state index is -1.54. The van der Waals surface area contributed by atoms with E-state index in [9.17, 15) is 18.7 Å². The van der Waals surface area contributed by atoms with Crippen LogP contribution in [0.4, 0.5) is 8.78 Å². The highest BCUT2D eigenvalue weighted by Gasteiger charge is 2.18. The minimum Gasteiger partial charge on any atom is -0.591 e. The van der Waals surface area contributed by atoms with Gasteiger partial charge < -0.3 is 20.1 Å². The van der Waals surface area contributed by atoms with E-state index in [1.165, 1.54) is 17.7 Å². The molecule has 0 aliphatic rings. The lowest BCUT2D eigenvalue weighted by Gasteiger charge is -2.10. The van der Waals surface area contributed by atoms with Gasteiger partial charge in [-0.05, 0) is 35.2 Å². The van der Waals surface area contributed by atoms with Crippen molar-refractivity contribution in [3.63, 3.8) is 0 Å². The molecule has 0 radical (unpaired) electrons. The SMILES string of the molecule is CC(C)c1ccc(COc2c(O)cc(/C=N/NC(=O)c3ccc(O)c(F)c3F)cc2[OH2+])cc1. The average molecular weight is 457 g/mol. The number of hydrazone groups is 1. The maximum absolute atomic E-state index is 13.7. The van der Waals surface area contributed by atoms with Gasteiger partial charge in [0.1, 0.15) is 6.61 Å². The number of rotatable bonds is 7. The fourth-order valence-electron chi connectivity index (χ4n) is 2.96. The normalized spacial score (nSPS) is 11.2. The molecule has 9 heteroatoms. The van der Waals surface area contributed by atoms with Gasteiger partial charge in [-0.25, -0.2) is 9.82 Å². The molecule has 0 saturated heterocycles. The van der Waals surface area contributed by atoms with Gasteiger partial charge in [0.15, 0.2) is 17.3 Å². The molecule has 3 aromatic carbocycles. The molecule has 0 aromatic heterocycles. The van der Waals surface area contributed by atoms with Crippen molar-refractivity contribution in [1.82, 2.24) is 5.43 Å². The Labute approximate surface area is 188 Å². The Bertz CT molecular complexity index is 1170. The largest absolute Gasteiger partial charge is 0.591 e. The van der Waals surface area contributed by atoms with Crippen molar-refractivity contribution in [1.29, 1.82) is 0 Å². The van der Waals surface area contributed by atoms with Gasteiger partial charge in [0.05, 0.1) is 11.8 Å². The monoisotopic (exact) mass is 457 g/mol. The highest BCUT2D eigenvalue weighted by atomic mass is 19.2. The second-order valence-corrected chi connectivity index (χ2v) is 7.56. The number of hydrogen-bond acceptors (Lipinski definition) is 5. The first-order valence-corrected chi connectivity index (χ1v) is 9.98. The van der Waals surface area contributed by atoms with Crippen LogP contribution < -0.4 is 10.2 Å². The third-order valence-electron chi connectivity index (χ3n) is 4.81. The number of benzene rings is 3. The maximum Gasteiger partial charge on any atom is 0.301 e. The van der Waals surface area contributed by atoms with E-state index in [1.807, 2.05) is 29.7 Å². The maximum atomic E-state index is 13.7. The van der Waals surface area contributed by atoms with E-state index in [1.54, 1.807) is 0 Å². The van der Waals surface area contributed by atoms with E-state index in [4.69, 9.17) is 14.9 Å². The molecule has 33 heavy (non-hydrogen) atoms. The zero-order valence-electron chi connectivity index (χ0n) is 17.9. The van der Waals surface area contributed by atoms with Crippen molar-refractivity contribution in [2.24, 2.45) is 5.10 Å². The molecular weight excluding hydrogens is 434 g/mol. The van der Waals surface area contributed by atoms with Crippen LogP contribution in [-0.2, 0) is 6.61 Å². The first-order valence-electron chi connectivity index (χ1n) is 9.98. The van der Waals surface area contributed by atoms with Crippen molar-refractivity contribution < 1.29 is 33.6 Å². The van der Waals surface area contributed by atoms with Gasteiger partial charge in [-0.15, -0.1) is 0 Å². The van der Waals surface area contributed by atoms with Crippen LogP contribution in [0.5, 0.6) is 23.0 Å². The van der Waals surface area contributed by atoms with E-state index in [2.05, 4.69) is 18.9 Å². The summed E-state index contributed by atoms with van der Waals surface area (Å²) in [6.07, 6.45) is 1.12. The van der Waals surface area contributed by atoms with Crippen molar-refractivity contribution in [3.05, 3.63) is 82.4 Å². The van der Waals surface area contributed by atoms with Crippen LogP contribution in [0.1, 0.15) is 46.8 Å². The number of phenolic OH excluding ortho intramolecular Hbond substituents is 2. The number of halogens is 2. The van der Waals surface area contributed by atoms with Gasteiger partial charge >= 0.3 is 5.75 Å². The van der Waals surface area contributed by atoms with Gasteiger partial charge in [0.25, 0.3) is 11.7 Å². The molecule has 0 bridgehead atoms. The van der Waals surface area contributed by atoms with Gasteiger partial charge in [-0.3, -0.25) is 4.79 Å². The summed E-state index contributed by atoms with van der Waals surface area (Å²) in [5, 5.41) is 31.1. The number of carbonyl (C=O) groups excluding carboxylic acids is 1. The van der Waals surface area contributed by atoms with Crippen LogP contribution in [0.15, 0.2) is 53.6 Å². The molecule has 7 nitrogen and oxygen atoms in total. The van der Waals surface area contributed by atoms with Crippen LogP contribution in [-0.4, -0.2) is 27.4 Å². The zero-order valence-corrected chi connectivity index (χ0v) is 17.9. The van der Waals surface area contributed by atoms with E-state index >= 15 is 0 Å². The standard InChI is InChI=1S/C24H22F2N2O5/c1-13(2)16-5-3-14(4-6-16)12-33-23-19(30)9-15(10-20(23)31)11-27-28-24(32)17-7-8-18(29)22(26)21(17)25/h3-11,13,29-31H,12H2,1-2H3,(H,28,32)/p+1/b27-11+. The summed E-state index contributed by atoms with van der Waals surface area (Å²) in [4.78, 5) is 12.0. The van der Waals surface area contributed by atoms with Crippen molar-refractivity contribution in [2.75, 3.05) is 0 Å². The number of carbonyl (C=O) groups is 1. The number of nitrogens with one attached hydrogen (secondary N) is 1. The molecule has 3 aromatic rings.